The number of carboxylic acid groups (broad SMARTS) is 1. The Morgan fingerprint density at radius 3 is 2.73 bits per heavy atom. The van der Waals surface area contributed by atoms with Gasteiger partial charge in [0, 0.05) is 0 Å². The third kappa shape index (κ3) is 1.47. The van der Waals surface area contributed by atoms with Gasteiger partial charge in [-0.05, 0) is 0 Å². The maximum absolute atomic E-state index is 10.4. The molecule has 0 radical (unpaired) electrons. The second-order valence-corrected chi connectivity index (χ2v) is 2.33. The quantitative estimate of drug-likeness (QED) is 0.465. The van der Waals surface area contributed by atoms with Crippen molar-refractivity contribution in [2.45, 2.75) is 12.1 Å². The topological polar surface area (TPSA) is 83.6 Å². The lowest BCUT2D eigenvalue weighted by Gasteiger charge is -2.18. The Labute approximate surface area is 63.6 Å². The summed E-state index contributed by atoms with van der Waals surface area (Å²) in [6, 6.07) is -0.808. The van der Waals surface area contributed by atoms with Crippen molar-refractivity contribution in [3.05, 3.63) is 23.8 Å². The molecule has 0 spiro atoms. The summed E-state index contributed by atoms with van der Waals surface area (Å²) in [5.74, 6) is -1.08. The molecular formula is C7H9NO3. The van der Waals surface area contributed by atoms with E-state index < -0.39 is 18.1 Å². The van der Waals surface area contributed by atoms with Gasteiger partial charge < -0.3 is 15.9 Å². The minimum absolute atomic E-state index is 0.0417. The normalized spacial score (nSPS) is 29.8. The molecule has 0 bridgehead atoms. The zero-order valence-electron chi connectivity index (χ0n) is 5.77. The van der Waals surface area contributed by atoms with Crippen molar-refractivity contribution < 1.29 is 15.0 Å². The van der Waals surface area contributed by atoms with Crippen molar-refractivity contribution >= 4 is 5.97 Å². The van der Waals surface area contributed by atoms with Crippen LogP contribution in [0.25, 0.3) is 0 Å². The average molecular weight is 155 g/mol. The molecule has 1 aliphatic rings. The summed E-state index contributed by atoms with van der Waals surface area (Å²) < 4.78 is 0. The number of hydrogen-bond donors (Lipinski definition) is 3. The number of aliphatic hydroxyl groups excluding tert-OH is 1. The minimum Gasteiger partial charge on any atom is -0.478 e. The second-order valence-electron chi connectivity index (χ2n) is 2.33. The van der Waals surface area contributed by atoms with Crippen molar-refractivity contribution in [2.75, 3.05) is 0 Å². The largest absolute Gasteiger partial charge is 0.478 e. The Balaban J connectivity index is 2.87. The van der Waals surface area contributed by atoms with Gasteiger partial charge in [0.2, 0.25) is 0 Å². The van der Waals surface area contributed by atoms with Gasteiger partial charge in [-0.25, -0.2) is 4.79 Å². The lowest BCUT2D eigenvalue weighted by atomic mass is 9.97. The van der Waals surface area contributed by atoms with Gasteiger partial charge in [0.1, 0.15) is 0 Å². The molecule has 0 fully saturated rings. The Kier molecular flexibility index (Phi) is 2.07. The number of carboxylic acids is 1. The third-order valence-corrected chi connectivity index (χ3v) is 1.56. The molecule has 0 saturated heterocycles. The van der Waals surface area contributed by atoms with Crippen molar-refractivity contribution in [2.24, 2.45) is 5.73 Å². The van der Waals surface area contributed by atoms with Crippen LogP contribution in [0.4, 0.5) is 0 Å². The zero-order chi connectivity index (χ0) is 8.43. The maximum atomic E-state index is 10.4. The molecule has 0 aromatic rings. The summed E-state index contributed by atoms with van der Waals surface area (Å²) >= 11 is 0. The van der Waals surface area contributed by atoms with Crippen LogP contribution in [0.3, 0.4) is 0 Å². The van der Waals surface area contributed by atoms with E-state index >= 15 is 0 Å². The molecule has 4 nitrogen and oxygen atoms in total. The van der Waals surface area contributed by atoms with Crippen LogP contribution in [0, 0.1) is 0 Å². The van der Waals surface area contributed by atoms with Gasteiger partial charge in [-0.1, -0.05) is 18.2 Å². The summed E-state index contributed by atoms with van der Waals surface area (Å²) in [5.41, 5.74) is 5.41. The molecule has 4 heteroatoms. The van der Waals surface area contributed by atoms with Crippen LogP contribution < -0.4 is 5.73 Å². The van der Waals surface area contributed by atoms with Gasteiger partial charge in [-0.3, -0.25) is 0 Å². The molecule has 2 unspecified atom stereocenters. The highest BCUT2D eigenvalue weighted by Crippen LogP contribution is 2.11. The lowest BCUT2D eigenvalue weighted by molar-refractivity contribution is -0.133. The van der Waals surface area contributed by atoms with Gasteiger partial charge in [-0.15, -0.1) is 0 Å². The first-order valence-corrected chi connectivity index (χ1v) is 3.18. The molecule has 0 amide bonds. The van der Waals surface area contributed by atoms with Crippen LogP contribution >= 0.6 is 0 Å². The molecule has 0 saturated carbocycles. The van der Waals surface area contributed by atoms with E-state index in [9.17, 15) is 4.79 Å². The van der Waals surface area contributed by atoms with Gasteiger partial charge in [0.05, 0.1) is 17.7 Å². The Hall–Kier alpha value is -1.13. The highest BCUT2D eigenvalue weighted by atomic mass is 16.4. The van der Waals surface area contributed by atoms with Crippen molar-refractivity contribution in [1.29, 1.82) is 0 Å². The van der Waals surface area contributed by atoms with Crippen LogP contribution in [0.5, 0.6) is 0 Å². The van der Waals surface area contributed by atoms with E-state index in [0.29, 0.717) is 0 Å². The third-order valence-electron chi connectivity index (χ3n) is 1.56. The number of aliphatic hydroxyl groups is 1. The van der Waals surface area contributed by atoms with E-state index in [1.807, 2.05) is 0 Å². The first-order valence-electron chi connectivity index (χ1n) is 3.18. The summed E-state index contributed by atoms with van der Waals surface area (Å²) in [4.78, 5) is 10.4. The molecule has 0 heterocycles. The van der Waals surface area contributed by atoms with Gasteiger partial charge in [-0.2, -0.15) is 0 Å². The number of aliphatic carboxylic acids is 1. The standard InChI is InChI=1S/C7H9NO3/c8-6-4(7(10)11)2-1-3-5(6)9/h1-3,5-6,9H,8H2,(H,10,11). The van der Waals surface area contributed by atoms with Crippen LogP contribution in [0.15, 0.2) is 23.8 Å². The Morgan fingerprint density at radius 2 is 2.27 bits per heavy atom. The number of hydrogen-bond acceptors (Lipinski definition) is 3. The van der Waals surface area contributed by atoms with Gasteiger partial charge >= 0.3 is 5.97 Å². The van der Waals surface area contributed by atoms with Crippen LogP contribution in [-0.4, -0.2) is 28.3 Å². The predicted molar refractivity (Wildman–Crippen MR) is 38.8 cm³/mol. The maximum Gasteiger partial charge on any atom is 0.333 e. The first kappa shape index (κ1) is 7.97. The molecule has 1 rings (SSSR count). The summed E-state index contributed by atoms with van der Waals surface area (Å²) in [5, 5.41) is 17.6. The summed E-state index contributed by atoms with van der Waals surface area (Å²) in [7, 11) is 0. The number of allylic oxidation sites excluding steroid dienone is 2. The van der Waals surface area contributed by atoms with E-state index in [0.717, 1.165) is 0 Å². The van der Waals surface area contributed by atoms with E-state index in [-0.39, 0.29) is 5.57 Å². The SMILES string of the molecule is NC1C(C(=O)O)=CC=CC1O. The van der Waals surface area contributed by atoms with Gasteiger partial charge in [0.25, 0.3) is 0 Å². The summed E-state index contributed by atoms with van der Waals surface area (Å²) in [6.45, 7) is 0. The molecule has 0 aromatic carbocycles. The van der Waals surface area contributed by atoms with Crippen molar-refractivity contribution in [1.82, 2.24) is 0 Å². The monoisotopic (exact) mass is 155 g/mol. The molecular weight excluding hydrogens is 146 g/mol. The molecule has 1 aliphatic carbocycles. The van der Waals surface area contributed by atoms with Crippen molar-refractivity contribution in [3.63, 3.8) is 0 Å². The fourth-order valence-corrected chi connectivity index (χ4v) is 0.902. The fourth-order valence-electron chi connectivity index (χ4n) is 0.902. The molecule has 60 valence electrons. The lowest BCUT2D eigenvalue weighted by Crippen LogP contribution is -2.39. The zero-order valence-corrected chi connectivity index (χ0v) is 5.77. The van der Waals surface area contributed by atoms with Crippen LogP contribution in [-0.2, 0) is 4.79 Å². The number of nitrogens with two attached hydrogens (primary N) is 1. The minimum atomic E-state index is -1.08. The van der Waals surface area contributed by atoms with E-state index in [1.165, 1.54) is 18.2 Å². The van der Waals surface area contributed by atoms with Crippen LogP contribution in [0.2, 0.25) is 0 Å². The smallest absolute Gasteiger partial charge is 0.333 e. The summed E-state index contributed by atoms with van der Waals surface area (Å²) in [6.07, 6.45) is 3.44. The first-order chi connectivity index (χ1) is 5.13. The number of rotatable bonds is 1. The average Bonchev–Trinajstić information content (AvgIpc) is 1.94. The Bertz CT molecular complexity index is 232. The highest BCUT2D eigenvalue weighted by Gasteiger charge is 2.23. The van der Waals surface area contributed by atoms with Crippen LogP contribution in [0.1, 0.15) is 0 Å². The fraction of sp³-hybridized carbons (Fsp3) is 0.286. The van der Waals surface area contributed by atoms with E-state index in [2.05, 4.69) is 0 Å². The molecule has 2 atom stereocenters. The molecule has 4 N–H and O–H groups in total. The van der Waals surface area contributed by atoms with Crippen molar-refractivity contribution in [3.8, 4) is 0 Å². The van der Waals surface area contributed by atoms with Gasteiger partial charge in [0.15, 0.2) is 0 Å². The molecule has 0 aromatic heterocycles. The van der Waals surface area contributed by atoms with E-state index in [1.54, 1.807) is 0 Å². The molecule has 11 heavy (non-hydrogen) atoms. The van der Waals surface area contributed by atoms with E-state index in [4.69, 9.17) is 15.9 Å². The highest BCUT2D eigenvalue weighted by molar-refractivity contribution is 5.89. The Morgan fingerprint density at radius 1 is 1.64 bits per heavy atom. The predicted octanol–water partition coefficient (Wildman–Crippen LogP) is -0.745. The molecule has 0 aliphatic heterocycles. The number of carbonyl (C=O) groups is 1. The second kappa shape index (κ2) is 2.86.